The van der Waals surface area contributed by atoms with Gasteiger partial charge in [-0.25, -0.2) is 0 Å². The minimum Gasteiger partial charge on any atom is -0.0842 e. The van der Waals surface area contributed by atoms with Crippen LogP contribution in [0.1, 0.15) is 26.7 Å². The molecule has 0 aliphatic heterocycles. The Morgan fingerprint density at radius 2 is 1.11 bits per heavy atom. The molecule has 6 saturated carbocycles. The monoisotopic (exact) mass is 238 g/mol. The lowest BCUT2D eigenvalue weighted by Crippen LogP contribution is -2.91. The summed E-state index contributed by atoms with van der Waals surface area (Å²) in [6, 6.07) is 0. The molecule has 0 bridgehead atoms. The highest BCUT2D eigenvalue weighted by molar-refractivity contribution is 5.40. The van der Waals surface area contributed by atoms with Crippen LogP contribution in [0.15, 0.2) is 12.2 Å². The molecule has 0 aromatic carbocycles. The van der Waals surface area contributed by atoms with Crippen LogP contribution < -0.4 is 0 Å². The van der Waals surface area contributed by atoms with E-state index in [1.807, 2.05) is 0 Å². The first kappa shape index (κ1) is 8.82. The summed E-state index contributed by atoms with van der Waals surface area (Å²) in [4.78, 5) is 0. The summed E-state index contributed by atoms with van der Waals surface area (Å²) in [5, 5.41) is 0. The standard InChI is InChI=1S/C18H22/c1-17-5-6-18(17,2)16-14-12-10-8-4-3-7(8)9(10)11(12)13(14)15(16)17/h3-4,7-16H,5-6H2,1-2H3/t7-,8?,9?,10?,11?,12?,13-,14?,15?,16?,17?,18?/m1/s1. The maximum Gasteiger partial charge on any atom is -0.0133 e. The van der Waals surface area contributed by atoms with Crippen LogP contribution >= 0.6 is 0 Å². The first-order valence-corrected chi connectivity index (χ1v) is 8.37. The summed E-state index contributed by atoms with van der Waals surface area (Å²) in [6.07, 6.45) is 8.21. The second kappa shape index (κ2) is 1.98. The van der Waals surface area contributed by atoms with Crippen LogP contribution in [0.4, 0.5) is 0 Å². The predicted octanol–water partition coefficient (Wildman–Crippen LogP) is 3.59. The average molecular weight is 238 g/mol. The van der Waals surface area contributed by atoms with Gasteiger partial charge in [0.1, 0.15) is 0 Å². The van der Waals surface area contributed by atoms with Crippen molar-refractivity contribution < 1.29 is 0 Å². The highest BCUT2D eigenvalue weighted by Crippen LogP contribution is 2.95. The second-order valence-electron chi connectivity index (χ2n) is 9.39. The van der Waals surface area contributed by atoms with Gasteiger partial charge in [0.2, 0.25) is 0 Å². The first-order valence-electron chi connectivity index (χ1n) is 8.37. The molecule has 7 aliphatic carbocycles. The van der Waals surface area contributed by atoms with Gasteiger partial charge < -0.3 is 0 Å². The fraction of sp³-hybridized carbons (Fsp3) is 0.889. The van der Waals surface area contributed by atoms with Crippen LogP contribution in [0.25, 0.3) is 0 Å². The van der Waals surface area contributed by atoms with Crippen molar-refractivity contribution in [1.29, 1.82) is 0 Å². The lowest BCUT2D eigenvalue weighted by atomic mass is 9.09. The van der Waals surface area contributed by atoms with E-state index in [0.717, 1.165) is 22.7 Å². The summed E-state index contributed by atoms with van der Waals surface area (Å²) >= 11 is 0. The van der Waals surface area contributed by atoms with Crippen molar-refractivity contribution in [3.8, 4) is 0 Å². The summed E-state index contributed by atoms with van der Waals surface area (Å²) in [6.45, 7) is 5.29. The largest absolute Gasteiger partial charge is 0.0842 e. The smallest absolute Gasteiger partial charge is 0.0133 e. The van der Waals surface area contributed by atoms with Gasteiger partial charge in [-0.05, 0) is 82.9 Å². The molecule has 0 heteroatoms. The fourth-order valence-electron chi connectivity index (χ4n) is 9.14. The molecule has 0 N–H and O–H groups in total. The van der Waals surface area contributed by atoms with Gasteiger partial charge in [-0.15, -0.1) is 0 Å². The van der Waals surface area contributed by atoms with Gasteiger partial charge in [0.25, 0.3) is 0 Å². The topological polar surface area (TPSA) is 0 Å². The molecule has 0 spiro atoms. The van der Waals surface area contributed by atoms with Gasteiger partial charge in [-0.2, -0.15) is 0 Å². The molecular weight excluding hydrogens is 216 g/mol. The van der Waals surface area contributed by atoms with Crippen molar-refractivity contribution >= 4 is 0 Å². The Kier molecular flexibility index (Phi) is 0.971. The SMILES string of the molecule is CC12CCC1(C)C1C2C2C3C4C5C=C[C@H]5C4C3[C@H]21. The van der Waals surface area contributed by atoms with E-state index in [4.69, 9.17) is 0 Å². The van der Waals surface area contributed by atoms with Crippen LogP contribution in [0.3, 0.4) is 0 Å². The molecule has 0 saturated heterocycles. The van der Waals surface area contributed by atoms with Gasteiger partial charge in [-0.1, -0.05) is 26.0 Å². The summed E-state index contributed by atoms with van der Waals surface area (Å²) < 4.78 is 0. The van der Waals surface area contributed by atoms with Crippen LogP contribution in [-0.4, -0.2) is 0 Å². The molecule has 0 aromatic rings. The molecular formula is C18H22. The van der Waals surface area contributed by atoms with Crippen LogP contribution in [0, 0.1) is 70.0 Å². The Balaban J connectivity index is 1.30. The Morgan fingerprint density at radius 3 is 1.44 bits per heavy atom. The lowest BCUT2D eigenvalue weighted by Gasteiger charge is -2.95. The highest BCUT2D eigenvalue weighted by Gasteiger charge is 2.90. The van der Waals surface area contributed by atoms with Crippen LogP contribution in [0.2, 0.25) is 0 Å². The summed E-state index contributed by atoms with van der Waals surface area (Å²) in [7, 11) is 0. The van der Waals surface area contributed by atoms with E-state index >= 15 is 0 Å². The molecule has 0 radical (unpaired) electrons. The third-order valence-corrected chi connectivity index (χ3v) is 10.2. The van der Waals surface area contributed by atoms with E-state index in [9.17, 15) is 0 Å². The van der Waals surface area contributed by atoms with E-state index in [-0.39, 0.29) is 0 Å². The van der Waals surface area contributed by atoms with Crippen LogP contribution in [-0.2, 0) is 0 Å². The average Bonchev–Trinajstić information content (AvgIpc) is 2.31. The number of hydrogen-bond donors (Lipinski definition) is 0. The molecule has 18 heavy (non-hydrogen) atoms. The van der Waals surface area contributed by atoms with Gasteiger partial charge >= 0.3 is 0 Å². The molecule has 0 amide bonds. The number of rotatable bonds is 0. The second-order valence-corrected chi connectivity index (χ2v) is 9.39. The molecule has 94 valence electrons. The zero-order valence-electron chi connectivity index (χ0n) is 11.3. The number of allylic oxidation sites excluding steroid dienone is 2. The molecule has 7 rings (SSSR count). The summed E-state index contributed by atoms with van der Waals surface area (Å²) in [5.41, 5.74) is 1.60. The van der Waals surface area contributed by atoms with Crippen molar-refractivity contribution in [2.75, 3.05) is 0 Å². The molecule has 10 unspecified atom stereocenters. The van der Waals surface area contributed by atoms with E-state index in [1.165, 1.54) is 47.3 Å². The molecule has 0 nitrogen and oxygen atoms in total. The van der Waals surface area contributed by atoms with Gasteiger partial charge in [-0.3, -0.25) is 0 Å². The predicted molar refractivity (Wildman–Crippen MR) is 69.5 cm³/mol. The van der Waals surface area contributed by atoms with Gasteiger partial charge in [0.15, 0.2) is 0 Å². The van der Waals surface area contributed by atoms with Crippen LogP contribution in [0.5, 0.6) is 0 Å². The van der Waals surface area contributed by atoms with Crippen molar-refractivity contribution in [2.45, 2.75) is 26.7 Å². The molecule has 0 heterocycles. The quantitative estimate of drug-likeness (QED) is 0.447. The van der Waals surface area contributed by atoms with Gasteiger partial charge in [0, 0.05) is 0 Å². The Hall–Kier alpha value is -0.260. The Labute approximate surface area is 109 Å². The van der Waals surface area contributed by atoms with E-state index in [2.05, 4.69) is 26.0 Å². The number of fused-ring (bicyclic) bond motifs is 16. The van der Waals surface area contributed by atoms with Crippen molar-refractivity contribution in [2.24, 2.45) is 70.0 Å². The minimum atomic E-state index is 0.799. The number of hydrogen-bond acceptors (Lipinski definition) is 0. The molecule has 12 atom stereocenters. The maximum absolute atomic E-state index is 2.64. The Bertz CT molecular complexity index is 498. The zero-order valence-corrected chi connectivity index (χ0v) is 11.3. The van der Waals surface area contributed by atoms with Crippen molar-refractivity contribution in [1.82, 2.24) is 0 Å². The maximum atomic E-state index is 2.64. The minimum absolute atomic E-state index is 0.799. The molecule has 7 aliphatic rings. The van der Waals surface area contributed by atoms with E-state index in [0.29, 0.717) is 0 Å². The van der Waals surface area contributed by atoms with Crippen molar-refractivity contribution in [3.63, 3.8) is 0 Å². The normalized spacial score (nSPS) is 86.1. The van der Waals surface area contributed by atoms with E-state index in [1.54, 1.807) is 12.8 Å². The first-order chi connectivity index (χ1) is 8.68. The Morgan fingerprint density at radius 1 is 0.667 bits per heavy atom. The van der Waals surface area contributed by atoms with Crippen molar-refractivity contribution in [3.05, 3.63) is 12.2 Å². The zero-order chi connectivity index (χ0) is 11.6. The van der Waals surface area contributed by atoms with E-state index < -0.39 is 0 Å². The third-order valence-electron chi connectivity index (χ3n) is 10.2. The van der Waals surface area contributed by atoms with Gasteiger partial charge in [0.05, 0.1) is 0 Å². The fourth-order valence-corrected chi connectivity index (χ4v) is 9.14. The molecule has 0 aromatic heterocycles. The molecule has 6 fully saturated rings. The lowest BCUT2D eigenvalue weighted by molar-refractivity contribution is -0.475. The summed E-state index contributed by atoms with van der Waals surface area (Å²) in [5.74, 6) is 11.7. The highest BCUT2D eigenvalue weighted by atomic mass is 14.9. The third kappa shape index (κ3) is 0.476.